The molecule has 0 saturated heterocycles. The van der Waals surface area contributed by atoms with Crippen molar-refractivity contribution in [1.29, 1.82) is 0 Å². The van der Waals surface area contributed by atoms with Crippen molar-refractivity contribution >= 4 is 5.97 Å². The number of aliphatic hydroxyl groups is 1. The summed E-state index contributed by atoms with van der Waals surface area (Å²) in [5.41, 5.74) is -1.06. The number of benzene rings is 1. The minimum atomic E-state index is -1.44. The SMILES string of the molecule is CCOC(=O)C(CC)C(C)(O)c1cccc(F)c1. The summed E-state index contributed by atoms with van der Waals surface area (Å²) in [5.74, 6) is -1.61. The molecule has 4 heteroatoms. The average Bonchev–Trinajstić information content (AvgIpc) is 2.30. The molecule has 0 saturated carbocycles. The van der Waals surface area contributed by atoms with Crippen LogP contribution in [0.5, 0.6) is 0 Å². The number of hydrogen-bond donors (Lipinski definition) is 1. The lowest BCUT2D eigenvalue weighted by atomic mass is 9.81. The summed E-state index contributed by atoms with van der Waals surface area (Å²) in [5, 5.41) is 10.5. The molecule has 1 N–H and O–H groups in total. The molecule has 100 valence electrons. The highest BCUT2D eigenvalue weighted by molar-refractivity contribution is 5.74. The van der Waals surface area contributed by atoms with Crippen LogP contribution in [0.2, 0.25) is 0 Å². The van der Waals surface area contributed by atoms with E-state index in [1.165, 1.54) is 25.1 Å². The molecule has 1 aromatic carbocycles. The summed E-state index contributed by atoms with van der Waals surface area (Å²) in [6.45, 7) is 5.26. The van der Waals surface area contributed by atoms with Gasteiger partial charge in [0, 0.05) is 0 Å². The fourth-order valence-corrected chi connectivity index (χ4v) is 2.04. The summed E-state index contributed by atoms with van der Waals surface area (Å²) in [6.07, 6.45) is 0.419. The molecule has 0 heterocycles. The molecule has 0 spiro atoms. The van der Waals surface area contributed by atoms with Gasteiger partial charge in [0.05, 0.1) is 12.5 Å². The van der Waals surface area contributed by atoms with Gasteiger partial charge in [-0.2, -0.15) is 0 Å². The molecular formula is C14H19FO3. The number of rotatable bonds is 5. The zero-order chi connectivity index (χ0) is 13.8. The molecule has 0 aliphatic rings. The van der Waals surface area contributed by atoms with Gasteiger partial charge in [0.25, 0.3) is 0 Å². The first kappa shape index (κ1) is 14.6. The third-order valence-corrected chi connectivity index (χ3v) is 3.07. The van der Waals surface area contributed by atoms with Crippen LogP contribution in [-0.2, 0) is 15.1 Å². The van der Waals surface area contributed by atoms with Gasteiger partial charge in [-0.3, -0.25) is 4.79 Å². The van der Waals surface area contributed by atoms with Crippen molar-refractivity contribution in [2.75, 3.05) is 6.61 Å². The fourth-order valence-electron chi connectivity index (χ4n) is 2.04. The van der Waals surface area contributed by atoms with E-state index in [4.69, 9.17) is 4.74 Å². The van der Waals surface area contributed by atoms with Gasteiger partial charge in [0.15, 0.2) is 0 Å². The van der Waals surface area contributed by atoms with E-state index in [2.05, 4.69) is 0 Å². The molecule has 0 radical (unpaired) electrons. The maximum Gasteiger partial charge on any atom is 0.312 e. The second-order valence-corrected chi connectivity index (χ2v) is 4.37. The summed E-state index contributed by atoms with van der Waals surface area (Å²) >= 11 is 0. The largest absolute Gasteiger partial charge is 0.466 e. The molecule has 0 aromatic heterocycles. The van der Waals surface area contributed by atoms with Crippen molar-refractivity contribution < 1.29 is 19.0 Å². The number of halogens is 1. The lowest BCUT2D eigenvalue weighted by molar-refractivity contribution is -0.158. The van der Waals surface area contributed by atoms with Crippen LogP contribution in [0.4, 0.5) is 4.39 Å². The van der Waals surface area contributed by atoms with E-state index in [0.717, 1.165) is 0 Å². The van der Waals surface area contributed by atoms with Crippen LogP contribution in [0.25, 0.3) is 0 Å². The van der Waals surface area contributed by atoms with Gasteiger partial charge in [-0.15, -0.1) is 0 Å². The highest BCUT2D eigenvalue weighted by Crippen LogP contribution is 2.32. The van der Waals surface area contributed by atoms with Crippen molar-refractivity contribution in [3.63, 3.8) is 0 Å². The van der Waals surface area contributed by atoms with E-state index >= 15 is 0 Å². The Kier molecular flexibility index (Phi) is 4.84. The lowest BCUT2D eigenvalue weighted by Crippen LogP contribution is -2.38. The molecule has 0 aliphatic carbocycles. The molecule has 1 aromatic rings. The van der Waals surface area contributed by atoms with Crippen LogP contribution in [0, 0.1) is 11.7 Å². The third-order valence-electron chi connectivity index (χ3n) is 3.07. The number of carbonyl (C=O) groups is 1. The zero-order valence-electron chi connectivity index (χ0n) is 10.9. The van der Waals surface area contributed by atoms with Crippen LogP contribution in [0.3, 0.4) is 0 Å². The Balaban J connectivity index is 3.06. The Bertz CT molecular complexity index is 415. The van der Waals surface area contributed by atoms with Crippen molar-refractivity contribution in [2.24, 2.45) is 5.92 Å². The van der Waals surface area contributed by atoms with Crippen LogP contribution >= 0.6 is 0 Å². The highest BCUT2D eigenvalue weighted by Gasteiger charge is 2.38. The third kappa shape index (κ3) is 3.07. The Morgan fingerprint density at radius 2 is 2.17 bits per heavy atom. The van der Waals surface area contributed by atoms with Crippen LogP contribution < -0.4 is 0 Å². The van der Waals surface area contributed by atoms with Gasteiger partial charge < -0.3 is 9.84 Å². The first-order valence-corrected chi connectivity index (χ1v) is 6.08. The zero-order valence-corrected chi connectivity index (χ0v) is 10.9. The number of ether oxygens (including phenoxy) is 1. The van der Waals surface area contributed by atoms with Gasteiger partial charge in [0.2, 0.25) is 0 Å². The van der Waals surface area contributed by atoms with E-state index < -0.39 is 23.3 Å². The van der Waals surface area contributed by atoms with E-state index in [0.29, 0.717) is 12.0 Å². The van der Waals surface area contributed by atoms with Crippen molar-refractivity contribution in [2.45, 2.75) is 32.8 Å². The summed E-state index contributed by atoms with van der Waals surface area (Å²) in [7, 11) is 0. The van der Waals surface area contributed by atoms with E-state index in [-0.39, 0.29) is 6.61 Å². The minimum Gasteiger partial charge on any atom is -0.466 e. The Labute approximate surface area is 107 Å². The maximum atomic E-state index is 13.2. The molecular weight excluding hydrogens is 235 g/mol. The molecule has 2 atom stereocenters. The van der Waals surface area contributed by atoms with E-state index in [9.17, 15) is 14.3 Å². The number of esters is 1. The first-order valence-electron chi connectivity index (χ1n) is 6.08. The number of hydrogen-bond acceptors (Lipinski definition) is 3. The summed E-state index contributed by atoms with van der Waals surface area (Å²) in [4.78, 5) is 11.8. The highest BCUT2D eigenvalue weighted by atomic mass is 19.1. The van der Waals surface area contributed by atoms with E-state index in [1.54, 1.807) is 19.9 Å². The van der Waals surface area contributed by atoms with Crippen molar-refractivity contribution in [1.82, 2.24) is 0 Å². The Hall–Kier alpha value is -1.42. The molecule has 1 rings (SSSR count). The molecule has 3 nitrogen and oxygen atoms in total. The van der Waals surface area contributed by atoms with Crippen LogP contribution in [0.1, 0.15) is 32.8 Å². The molecule has 2 unspecified atom stereocenters. The fraction of sp³-hybridized carbons (Fsp3) is 0.500. The first-order chi connectivity index (χ1) is 8.43. The summed E-state index contributed by atoms with van der Waals surface area (Å²) in [6, 6.07) is 5.65. The van der Waals surface area contributed by atoms with Gasteiger partial charge in [-0.1, -0.05) is 19.1 Å². The second kappa shape index (κ2) is 5.96. The molecule has 0 bridgehead atoms. The smallest absolute Gasteiger partial charge is 0.312 e. The lowest BCUT2D eigenvalue weighted by Gasteiger charge is -2.31. The van der Waals surface area contributed by atoms with Gasteiger partial charge in [-0.25, -0.2) is 4.39 Å². The predicted octanol–water partition coefficient (Wildman–Crippen LogP) is 2.62. The predicted molar refractivity (Wildman–Crippen MR) is 66.4 cm³/mol. The molecule has 0 aliphatic heterocycles. The Morgan fingerprint density at radius 1 is 1.50 bits per heavy atom. The number of carbonyl (C=O) groups excluding carboxylic acids is 1. The molecule has 0 amide bonds. The van der Waals surface area contributed by atoms with Gasteiger partial charge in [-0.05, 0) is 38.0 Å². The van der Waals surface area contributed by atoms with Gasteiger partial charge >= 0.3 is 5.97 Å². The second-order valence-electron chi connectivity index (χ2n) is 4.37. The topological polar surface area (TPSA) is 46.5 Å². The maximum absolute atomic E-state index is 13.2. The molecule has 18 heavy (non-hydrogen) atoms. The minimum absolute atomic E-state index is 0.258. The standard InChI is InChI=1S/C14H19FO3/c1-4-12(13(16)18-5-2)14(3,17)10-7-6-8-11(15)9-10/h6-9,12,17H,4-5H2,1-3H3. The monoisotopic (exact) mass is 254 g/mol. The van der Waals surface area contributed by atoms with Crippen molar-refractivity contribution in [3.05, 3.63) is 35.6 Å². The average molecular weight is 254 g/mol. The van der Waals surface area contributed by atoms with Crippen molar-refractivity contribution in [3.8, 4) is 0 Å². The Morgan fingerprint density at radius 3 is 2.67 bits per heavy atom. The molecule has 0 fully saturated rings. The van der Waals surface area contributed by atoms with Crippen LogP contribution in [-0.4, -0.2) is 17.7 Å². The van der Waals surface area contributed by atoms with Crippen LogP contribution in [0.15, 0.2) is 24.3 Å². The summed E-state index contributed by atoms with van der Waals surface area (Å²) < 4.78 is 18.1. The van der Waals surface area contributed by atoms with E-state index in [1.807, 2.05) is 0 Å². The normalized spacial score (nSPS) is 15.8. The quantitative estimate of drug-likeness (QED) is 0.822. The van der Waals surface area contributed by atoms with Gasteiger partial charge in [0.1, 0.15) is 11.4 Å².